The number of carbonyl (C=O) groups is 1. The molecule has 2 rings (SSSR count). The molecule has 1 aromatic carbocycles. The molecule has 5 nitrogen and oxygen atoms in total. The maximum atomic E-state index is 11.9. The summed E-state index contributed by atoms with van der Waals surface area (Å²) in [4.78, 5) is 18.8. The molecule has 94 valence electrons. The predicted octanol–water partition coefficient (Wildman–Crippen LogP) is 0.673. The third kappa shape index (κ3) is 3.18. The second-order valence-electron chi connectivity index (χ2n) is 4.28. The second-order valence-corrected chi connectivity index (χ2v) is 4.28. The van der Waals surface area contributed by atoms with Crippen molar-refractivity contribution >= 4 is 11.5 Å². The number of hydrogen-bond acceptors (Lipinski definition) is 4. The third-order valence-electron chi connectivity index (χ3n) is 2.74. The summed E-state index contributed by atoms with van der Waals surface area (Å²) in [5.41, 5.74) is 13.9. The van der Waals surface area contributed by atoms with Gasteiger partial charge in [0, 0.05) is 30.4 Å². The van der Waals surface area contributed by atoms with E-state index in [0.29, 0.717) is 18.5 Å². The number of nitrogens with zero attached hydrogens (tertiary/aromatic N) is 1. The summed E-state index contributed by atoms with van der Waals surface area (Å²) < 4.78 is 0. The van der Waals surface area contributed by atoms with Gasteiger partial charge in [-0.1, -0.05) is 12.1 Å². The molecule has 5 N–H and O–H groups in total. The number of rotatable bonds is 5. The number of ketones is 1. The lowest BCUT2D eigenvalue weighted by Crippen LogP contribution is -2.34. The van der Waals surface area contributed by atoms with Gasteiger partial charge in [-0.15, -0.1) is 0 Å². The first-order valence-corrected chi connectivity index (χ1v) is 5.75. The zero-order chi connectivity index (χ0) is 13.0. The molecule has 0 amide bonds. The van der Waals surface area contributed by atoms with E-state index in [1.807, 2.05) is 12.1 Å². The van der Waals surface area contributed by atoms with Crippen LogP contribution in [0.5, 0.6) is 0 Å². The predicted molar refractivity (Wildman–Crippen MR) is 69.8 cm³/mol. The SMILES string of the molecule is Nc1cccc(CC(=O)[C@@H](N)Cc2cnc[nH]2)c1. The van der Waals surface area contributed by atoms with Gasteiger partial charge in [-0.3, -0.25) is 4.79 Å². The number of Topliss-reactive ketones (excluding diaryl/α,β-unsaturated/α-hetero) is 1. The van der Waals surface area contributed by atoms with E-state index >= 15 is 0 Å². The average molecular weight is 244 g/mol. The van der Waals surface area contributed by atoms with Gasteiger partial charge in [-0.05, 0) is 17.7 Å². The lowest BCUT2D eigenvalue weighted by Gasteiger charge is -2.09. The smallest absolute Gasteiger partial charge is 0.154 e. The Morgan fingerprint density at radius 2 is 2.28 bits per heavy atom. The summed E-state index contributed by atoms with van der Waals surface area (Å²) in [7, 11) is 0. The van der Waals surface area contributed by atoms with Crippen LogP contribution in [0.1, 0.15) is 11.3 Å². The molecular weight excluding hydrogens is 228 g/mol. The molecule has 0 aliphatic rings. The number of nitrogens with two attached hydrogens (primary N) is 2. The number of aromatic nitrogens is 2. The van der Waals surface area contributed by atoms with Gasteiger partial charge in [0.1, 0.15) is 0 Å². The summed E-state index contributed by atoms with van der Waals surface area (Å²) in [5.74, 6) is -0.00444. The molecule has 1 atom stereocenters. The summed E-state index contributed by atoms with van der Waals surface area (Å²) in [6, 6.07) is 6.77. The van der Waals surface area contributed by atoms with Gasteiger partial charge in [0.15, 0.2) is 5.78 Å². The Labute approximate surface area is 105 Å². The van der Waals surface area contributed by atoms with E-state index < -0.39 is 6.04 Å². The minimum atomic E-state index is -0.521. The maximum Gasteiger partial charge on any atom is 0.154 e. The van der Waals surface area contributed by atoms with Crippen LogP contribution in [0.2, 0.25) is 0 Å². The van der Waals surface area contributed by atoms with E-state index in [1.54, 1.807) is 24.7 Å². The number of anilines is 1. The number of benzene rings is 1. The second kappa shape index (κ2) is 5.46. The van der Waals surface area contributed by atoms with Crippen molar-refractivity contribution in [3.63, 3.8) is 0 Å². The number of aromatic amines is 1. The summed E-state index contributed by atoms with van der Waals surface area (Å²) in [6.45, 7) is 0. The molecule has 5 heteroatoms. The highest BCUT2D eigenvalue weighted by Gasteiger charge is 2.15. The van der Waals surface area contributed by atoms with Crippen molar-refractivity contribution in [2.24, 2.45) is 5.73 Å². The molecule has 2 aromatic rings. The molecule has 1 heterocycles. The summed E-state index contributed by atoms with van der Waals surface area (Å²) in [5, 5.41) is 0. The lowest BCUT2D eigenvalue weighted by atomic mass is 10.0. The monoisotopic (exact) mass is 244 g/mol. The Bertz CT molecular complexity index is 522. The zero-order valence-corrected chi connectivity index (χ0v) is 9.97. The molecule has 0 unspecified atom stereocenters. The van der Waals surface area contributed by atoms with Gasteiger partial charge in [0.05, 0.1) is 12.4 Å². The Morgan fingerprint density at radius 3 is 2.94 bits per heavy atom. The van der Waals surface area contributed by atoms with Crippen molar-refractivity contribution in [1.29, 1.82) is 0 Å². The van der Waals surface area contributed by atoms with Crippen LogP contribution >= 0.6 is 0 Å². The van der Waals surface area contributed by atoms with Crippen molar-refractivity contribution in [2.75, 3.05) is 5.73 Å². The minimum absolute atomic E-state index is 0.00444. The molecule has 0 saturated heterocycles. The van der Waals surface area contributed by atoms with Gasteiger partial charge < -0.3 is 16.5 Å². The molecule has 0 radical (unpaired) electrons. The third-order valence-corrected chi connectivity index (χ3v) is 2.74. The van der Waals surface area contributed by atoms with Gasteiger partial charge in [-0.25, -0.2) is 4.98 Å². The first-order chi connectivity index (χ1) is 8.65. The zero-order valence-electron chi connectivity index (χ0n) is 9.97. The molecule has 1 aromatic heterocycles. The van der Waals surface area contributed by atoms with Gasteiger partial charge in [0.2, 0.25) is 0 Å². The first-order valence-electron chi connectivity index (χ1n) is 5.75. The standard InChI is InChI=1S/C13H16N4O/c14-10-3-1-2-9(4-10)5-13(18)12(15)6-11-7-16-8-17-11/h1-4,7-8,12H,5-6,14-15H2,(H,16,17)/t12-/m0/s1. The highest BCUT2D eigenvalue weighted by Crippen LogP contribution is 2.09. The molecule has 18 heavy (non-hydrogen) atoms. The van der Waals surface area contributed by atoms with Gasteiger partial charge in [-0.2, -0.15) is 0 Å². The van der Waals surface area contributed by atoms with Crippen LogP contribution in [0.4, 0.5) is 5.69 Å². The highest BCUT2D eigenvalue weighted by atomic mass is 16.1. The Kier molecular flexibility index (Phi) is 3.74. The Morgan fingerprint density at radius 1 is 1.44 bits per heavy atom. The molecule has 0 bridgehead atoms. The van der Waals surface area contributed by atoms with Crippen molar-refractivity contribution in [2.45, 2.75) is 18.9 Å². The first kappa shape index (κ1) is 12.3. The fourth-order valence-electron chi connectivity index (χ4n) is 1.78. The highest BCUT2D eigenvalue weighted by molar-refractivity contribution is 5.86. The maximum absolute atomic E-state index is 11.9. The number of carbonyl (C=O) groups excluding carboxylic acids is 1. The molecular formula is C13H16N4O. The normalized spacial score (nSPS) is 12.3. The topological polar surface area (TPSA) is 97.8 Å². The number of imidazole rings is 1. The fraction of sp³-hybridized carbons (Fsp3) is 0.231. The van der Waals surface area contributed by atoms with Crippen molar-refractivity contribution in [1.82, 2.24) is 9.97 Å². The van der Waals surface area contributed by atoms with Gasteiger partial charge in [0.25, 0.3) is 0 Å². The Balaban J connectivity index is 1.95. The summed E-state index contributed by atoms with van der Waals surface area (Å²) in [6.07, 6.45) is 4.03. The number of nitrogens with one attached hydrogen (secondary N) is 1. The molecule has 0 saturated carbocycles. The lowest BCUT2D eigenvalue weighted by molar-refractivity contribution is -0.119. The average Bonchev–Trinajstić information content (AvgIpc) is 2.81. The summed E-state index contributed by atoms with van der Waals surface area (Å²) >= 11 is 0. The van der Waals surface area contributed by atoms with Crippen LogP contribution in [0.15, 0.2) is 36.8 Å². The quantitative estimate of drug-likeness (QED) is 0.673. The van der Waals surface area contributed by atoms with Gasteiger partial charge >= 0.3 is 0 Å². The largest absolute Gasteiger partial charge is 0.399 e. The fourth-order valence-corrected chi connectivity index (χ4v) is 1.78. The van der Waals surface area contributed by atoms with E-state index in [0.717, 1.165) is 11.3 Å². The van der Waals surface area contributed by atoms with E-state index in [-0.39, 0.29) is 5.78 Å². The minimum Gasteiger partial charge on any atom is -0.399 e. The number of H-pyrrole nitrogens is 1. The van der Waals surface area contributed by atoms with E-state index in [4.69, 9.17) is 11.5 Å². The van der Waals surface area contributed by atoms with Crippen LogP contribution in [0, 0.1) is 0 Å². The molecule has 0 fully saturated rings. The van der Waals surface area contributed by atoms with Crippen LogP contribution < -0.4 is 11.5 Å². The molecule has 0 aliphatic carbocycles. The van der Waals surface area contributed by atoms with E-state index in [9.17, 15) is 4.79 Å². The Hall–Kier alpha value is -2.14. The number of hydrogen-bond donors (Lipinski definition) is 3. The van der Waals surface area contributed by atoms with Crippen LogP contribution in [-0.2, 0) is 17.6 Å². The van der Waals surface area contributed by atoms with E-state index in [2.05, 4.69) is 9.97 Å². The van der Waals surface area contributed by atoms with Crippen molar-refractivity contribution in [3.8, 4) is 0 Å². The van der Waals surface area contributed by atoms with Crippen LogP contribution in [0.3, 0.4) is 0 Å². The molecule has 0 aliphatic heterocycles. The molecule has 0 spiro atoms. The van der Waals surface area contributed by atoms with E-state index in [1.165, 1.54) is 0 Å². The number of nitrogen functional groups attached to an aromatic ring is 1. The van der Waals surface area contributed by atoms with Crippen molar-refractivity contribution in [3.05, 3.63) is 48.0 Å². The van der Waals surface area contributed by atoms with Crippen LogP contribution in [0.25, 0.3) is 0 Å². The van der Waals surface area contributed by atoms with Crippen molar-refractivity contribution < 1.29 is 4.79 Å². The van der Waals surface area contributed by atoms with Crippen LogP contribution in [-0.4, -0.2) is 21.8 Å².